The monoisotopic (exact) mass is 520 g/mol. The lowest BCUT2D eigenvalue weighted by atomic mass is 9.59. The summed E-state index contributed by atoms with van der Waals surface area (Å²) < 4.78 is 23.5. The van der Waals surface area contributed by atoms with Gasteiger partial charge in [-0.1, -0.05) is 58.0 Å². The zero-order valence-electron chi connectivity index (χ0n) is 23.1. The molecular weight excluding hydrogens is 480 g/mol. The first kappa shape index (κ1) is 27.6. The molecule has 8 heteroatoms. The van der Waals surface area contributed by atoms with Crippen molar-refractivity contribution in [1.29, 1.82) is 0 Å². The standard InChI is InChI=1S/C30H40N4O4/c1-5-14-35-26-19-24(31-29(33-26)37-16-7-3)22-18-23(28(22)21-12-10-9-11-13-21)25-20-27(36-15-6-2)34-30(32-25)38-17-8-4/h9-13,19-20,22-23,28H,5-8,14-18H2,1-4H3/t22-,23+,28?. The van der Waals surface area contributed by atoms with E-state index in [1.54, 1.807) is 0 Å². The van der Waals surface area contributed by atoms with Crippen LogP contribution in [0.3, 0.4) is 0 Å². The first-order chi connectivity index (χ1) is 18.7. The van der Waals surface area contributed by atoms with Crippen LogP contribution in [0.2, 0.25) is 0 Å². The molecule has 0 aliphatic heterocycles. The third-order valence-electron chi connectivity index (χ3n) is 6.50. The van der Waals surface area contributed by atoms with Crippen LogP contribution in [0.15, 0.2) is 42.5 Å². The minimum absolute atomic E-state index is 0.160. The Labute approximate surface area is 226 Å². The first-order valence-corrected chi connectivity index (χ1v) is 14.0. The minimum atomic E-state index is 0.160. The second kappa shape index (κ2) is 13.9. The van der Waals surface area contributed by atoms with E-state index in [2.05, 4.69) is 61.9 Å². The Hall–Kier alpha value is -3.42. The molecule has 2 heterocycles. The van der Waals surface area contributed by atoms with Gasteiger partial charge in [0, 0.05) is 29.9 Å². The molecule has 3 atom stereocenters. The molecule has 0 spiro atoms. The van der Waals surface area contributed by atoms with Gasteiger partial charge >= 0.3 is 12.0 Å². The number of hydrogen-bond acceptors (Lipinski definition) is 8. The molecule has 4 rings (SSSR count). The van der Waals surface area contributed by atoms with Crippen LogP contribution < -0.4 is 18.9 Å². The van der Waals surface area contributed by atoms with Crippen molar-refractivity contribution in [3.8, 4) is 23.8 Å². The Morgan fingerprint density at radius 2 is 1.05 bits per heavy atom. The molecule has 1 unspecified atom stereocenters. The summed E-state index contributed by atoms with van der Waals surface area (Å²) in [5.74, 6) is 1.61. The predicted octanol–water partition coefficient (Wildman–Crippen LogP) is 6.48. The Bertz CT molecular complexity index is 1020. The second-order valence-electron chi connectivity index (χ2n) is 9.61. The molecule has 0 saturated heterocycles. The summed E-state index contributed by atoms with van der Waals surface area (Å²) in [5, 5.41) is 0. The highest BCUT2D eigenvalue weighted by atomic mass is 16.5. The fraction of sp³-hybridized carbons (Fsp3) is 0.533. The largest absolute Gasteiger partial charge is 0.478 e. The molecule has 1 fully saturated rings. The SMILES string of the molecule is CCCOc1cc([C@H]2C[C@@H](c3cc(OCCC)nc(OCCC)n3)C2c2ccccc2)nc(OCCC)n1. The van der Waals surface area contributed by atoms with Crippen molar-refractivity contribution in [2.24, 2.45) is 0 Å². The lowest BCUT2D eigenvalue weighted by molar-refractivity contribution is 0.243. The lowest BCUT2D eigenvalue weighted by Gasteiger charge is -2.44. The summed E-state index contributed by atoms with van der Waals surface area (Å²) in [6.07, 6.45) is 4.45. The average molecular weight is 521 g/mol. The van der Waals surface area contributed by atoms with Crippen LogP contribution in [0.25, 0.3) is 0 Å². The summed E-state index contributed by atoms with van der Waals surface area (Å²) in [6, 6.07) is 15.3. The maximum Gasteiger partial charge on any atom is 0.319 e. The number of nitrogens with zero attached hydrogens (tertiary/aromatic N) is 4. The maximum absolute atomic E-state index is 5.91. The van der Waals surface area contributed by atoms with Crippen LogP contribution in [0.5, 0.6) is 23.8 Å². The topological polar surface area (TPSA) is 88.5 Å². The fourth-order valence-corrected chi connectivity index (χ4v) is 4.70. The fourth-order valence-electron chi connectivity index (χ4n) is 4.70. The molecule has 0 radical (unpaired) electrons. The van der Waals surface area contributed by atoms with E-state index in [-0.39, 0.29) is 17.8 Å². The van der Waals surface area contributed by atoms with Gasteiger partial charge in [0.2, 0.25) is 11.8 Å². The summed E-state index contributed by atoms with van der Waals surface area (Å²) >= 11 is 0. The Kier molecular flexibility index (Phi) is 10.1. The molecule has 8 nitrogen and oxygen atoms in total. The van der Waals surface area contributed by atoms with Crippen molar-refractivity contribution in [1.82, 2.24) is 19.9 Å². The number of aromatic nitrogens is 4. The Balaban J connectivity index is 1.69. The second-order valence-corrected chi connectivity index (χ2v) is 9.61. The quantitative estimate of drug-likeness (QED) is 0.225. The van der Waals surface area contributed by atoms with Crippen molar-refractivity contribution in [3.05, 3.63) is 59.4 Å². The van der Waals surface area contributed by atoms with E-state index < -0.39 is 0 Å². The van der Waals surface area contributed by atoms with Gasteiger partial charge in [-0.05, 0) is 37.7 Å². The van der Waals surface area contributed by atoms with E-state index in [0.29, 0.717) is 50.2 Å². The molecule has 204 valence electrons. The smallest absolute Gasteiger partial charge is 0.319 e. The molecule has 38 heavy (non-hydrogen) atoms. The zero-order valence-corrected chi connectivity index (χ0v) is 23.1. The molecule has 1 aliphatic carbocycles. The highest BCUT2D eigenvalue weighted by molar-refractivity contribution is 5.39. The molecule has 3 aromatic rings. The summed E-state index contributed by atoms with van der Waals surface area (Å²) in [4.78, 5) is 18.6. The van der Waals surface area contributed by atoms with Crippen molar-refractivity contribution in [3.63, 3.8) is 0 Å². The van der Waals surface area contributed by atoms with Gasteiger partial charge in [0.15, 0.2) is 0 Å². The first-order valence-electron chi connectivity index (χ1n) is 14.0. The number of rotatable bonds is 15. The van der Waals surface area contributed by atoms with Crippen LogP contribution in [-0.2, 0) is 0 Å². The number of benzene rings is 1. The van der Waals surface area contributed by atoms with Gasteiger partial charge < -0.3 is 18.9 Å². The van der Waals surface area contributed by atoms with E-state index in [0.717, 1.165) is 43.5 Å². The van der Waals surface area contributed by atoms with Crippen molar-refractivity contribution < 1.29 is 18.9 Å². The van der Waals surface area contributed by atoms with E-state index in [9.17, 15) is 0 Å². The van der Waals surface area contributed by atoms with E-state index in [4.69, 9.17) is 28.9 Å². The molecule has 1 aliphatic rings. The summed E-state index contributed by atoms with van der Waals surface area (Å²) in [5.41, 5.74) is 3.10. The van der Waals surface area contributed by atoms with Crippen LogP contribution in [0, 0.1) is 0 Å². The van der Waals surface area contributed by atoms with Crippen LogP contribution >= 0.6 is 0 Å². The van der Waals surface area contributed by atoms with Crippen LogP contribution in [0.1, 0.15) is 94.5 Å². The molecule has 0 N–H and O–H groups in total. The van der Waals surface area contributed by atoms with Gasteiger partial charge in [0.1, 0.15) is 0 Å². The zero-order chi connectivity index (χ0) is 26.7. The van der Waals surface area contributed by atoms with Gasteiger partial charge in [-0.2, -0.15) is 19.9 Å². The Morgan fingerprint density at radius 1 is 0.605 bits per heavy atom. The van der Waals surface area contributed by atoms with Crippen LogP contribution in [0.4, 0.5) is 0 Å². The summed E-state index contributed by atoms with van der Waals surface area (Å²) in [6.45, 7) is 10.6. The molecule has 0 amide bonds. The van der Waals surface area contributed by atoms with Gasteiger partial charge in [-0.15, -0.1) is 0 Å². The molecule has 1 saturated carbocycles. The number of hydrogen-bond donors (Lipinski definition) is 0. The predicted molar refractivity (Wildman–Crippen MR) is 146 cm³/mol. The lowest BCUT2D eigenvalue weighted by Crippen LogP contribution is -2.33. The van der Waals surface area contributed by atoms with Gasteiger partial charge in [0.05, 0.1) is 37.8 Å². The minimum Gasteiger partial charge on any atom is -0.478 e. The molecule has 0 bridgehead atoms. The van der Waals surface area contributed by atoms with E-state index in [1.807, 2.05) is 18.2 Å². The van der Waals surface area contributed by atoms with Gasteiger partial charge in [-0.25, -0.2) is 0 Å². The third kappa shape index (κ3) is 6.91. The molecule has 2 aromatic heterocycles. The highest BCUT2D eigenvalue weighted by Crippen LogP contribution is 2.58. The average Bonchev–Trinajstić information content (AvgIpc) is 2.92. The normalized spacial score (nSPS) is 18.5. The Morgan fingerprint density at radius 3 is 1.50 bits per heavy atom. The van der Waals surface area contributed by atoms with Gasteiger partial charge in [0.25, 0.3) is 0 Å². The van der Waals surface area contributed by atoms with Crippen molar-refractivity contribution in [2.75, 3.05) is 26.4 Å². The van der Waals surface area contributed by atoms with E-state index >= 15 is 0 Å². The summed E-state index contributed by atoms with van der Waals surface area (Å²) in [7, 11) is 0. The molecule has 1 aromatic carbocycles. The molecular formula is C30H40N4O4. The maximum atomic E-state index is 5.91. The van der Waals surface area contributed by atoms with E-state index in [1.165, 1.54) is 5.56 Å². The van der Waals surface area contributed by atoms with Crippen molar-refractivity contribution >= 4 is 0 Å². The van der Waals surface area contributed by atoms with Crippen LogP contribution in [-0.4, -0.2) is 46.4 Å². The highest BCUT2D eigenvalue weighted by Gasteiger charge is 2.46. The number of ether oxygens (including phenoxy) is 4. The van der Waals surface area contributed by atoms with Crippen molar-refractivity contribution in [2.45, 2.75) is 77.6 Å². The third-order valence-corrected chi connectivity index (χ3v) is 6.50. The van der Waals surface area contributed by atoms with Gasteiger partial charge in [-0.3, -0.25) is 0 Å².